The minimum Gasteiger partial charge on any atom is -0.493 e. The third-order valence-electron chi connectivity index (χ3n) is 3.53. The number of hydrogen-bond donors (Lipinski definition) is 1. The highest BCUT2D eigenvalue weighted by atomic mass is 19.4. The predicted molar refractivity (Wildman–Crippen MR) is 87.2 cm³/mol. The minimum atomic E-state index is -4.97. The molecule has 3 aromatic rings. The molecule has 1 N–H and O–H groups in total. The topological polar surface area (TPSA) is 73.6 Å². The van der Waals surface area contributed by atoms with Crippen molar-refractivity contribution in [3.05, 3.63) is 36.4 Å². The fourth-order valence-corrected chi connectivity index (χ4v) is 2.30. The first-order valence-corrected chi connectivity index (χ1v) is 7.33. The molecule has 3 rings (SSSR count). The number of methoxy groups -OCH3 is 2. The van der Waals surface area contributed by atoms with Gasteiger partial charge in [-0.1, -0.05) is 0 Å². The Hall–Kier alpha value is -3.23. The normalized spacial score (nSPS) is 11.4. The number of nitrogens with one attached hydrogen (secondary N) is 1. The second-order valence-corrected chi connectivity index (χ2v) is 5.22. The molecule has 0 aliphatic carbocycles. The smallest absolute Gasteiger partial charge is 0.471 e. The molecule has 0 aliphatic heterocycles. The third-order valence-corrected chi connectivity index (χ3v) is 3.53. The van der Waals surface area contributed by atoms with Gasteiger partial charge in [0.25, 0.3) is 0 Å². The van der Waals surface area contributed by atoms with Crippen molar-refractivity contribution in [2.45, 2.75) is 6.18 Å². The fraction of sp³-hybridized carbons (Fsp3) is 0.176. The average Bonchev–Trinajstić information content (AvgIpc) is 3.03. The lowest BCUT2D eigenvalue weighted by atomic mass is 10.2. The molecule has 0 radical (unpaired) electrons. The maximum absolute atomic E-state index is 12.3. The summed E-state index contributed by atoms with van der Waals surface area (Å²) in [6, 6.07) is 9.08. The first kappa shape index (κ1) is 17.6. The molecule has 26 heavy (non-hydrogen) atoms. The van der Waals surface area contributed by atoms with Crippen LogP contribution in [-0.4, -0.2) is 31.3 Å². The second kappa shape index (κ2) is 6.58. The van der Waals surface area contributed by atoms with Gasteiger partial charge in [0.2, 0.25) is 5.89 Å². The third kappa shape index (κ3) is 3.41. The van der Waals surface area contributed by atoms with Gasteiger partial charge < -0.3 is 19.2 Å². The van der Waals surface area contributed by atoms with Gasteiger partial charge in [0.05, 0.1) is 14.2 Å². The number of amides is 1. The van der Waals surface area contributed by atoms with Gasteiger partial charge in [-0.2, -0.15) is 13.2 Å². The number of hydrogen-bond acceptors (Lipinski definition) is 5. The van der Waals surface area contributed by atoms with E-state index >= 15 is 0 Å². The van der Waals surface area contributed by atoms with Crippen LogP contribution < -0.4 is 14.8 Å². The molecule has 1 heterocycles. The summed E-state index contributed by atoms with van der Waals surface area (Å²) in [6.07, 6.45) is -4.97. The number of halogens is 3. The molecule has 9 heteroatoms. The highest BCUT2D eigenvalue weighted by Crippen LogP contribution is 2.33. The van der Waals surface area contributed by atoms with Crippen molar-refractivity contribution in [1.82, 2.24) is 4.98 Å². The monoisotopic (exact) mass is 366 g/mol. The predicted octanol–water partition coefficient (Wildman–Crippen LogP) is 4.01. The quantitative estimate of drug-likeness (QED) is 0.755. The van der Waals surface area contributed by atoms with Crippen molar-refractivity contribution in [2.75, 3.05) is 19.5 Å². The van der Waals surface area contributed by atoms with Gasteiger partial charge in [0, 0.05) is 11.3 Å². The van der Waals surface area contributed by atoms with Crippen LogP contribution >= 0.6 is 0 Å². The molecule has 6 nitrogen and oxygen atoms in total. The van der Waals surface area contributed by atoms with Gasteiger partial charge in [-0.15, -0.1) is 0 Å². The van der Waals surface area contributed by atoms with Crippen LogP contribution in [0.3, 0.4) is 0 Å². The van der Waals surface area contributed by atoms with E-state index < -0.39 is 12.1 Å². The van der Waals surface area contributed by atoms with Gasteiger partial charge >= 0.3 is 12.1 Å². The molecular weight excluding hydrogens is 353 g/mol. The van der Waals surface area contributed by atoms with Crippen LogP contribution in [0.1, 0.15) is 0 Å². The molecule has 136 valence electrons. The average molecular weight is 366 g/mol. The Bertz CT molecular complexity index is 966. The van der Waals surface area contributed by atoms with E-state index in [1.165, 1.54) is 32.4 Å². The van der Waals surface area contributed by atoms with Crippen molar-refractivity contribution in [2.24, 2.45) is 0 Å². The molecular formula is C17H13F3N2O4. The van der Waals surface area contributed by atoms with Crippen LogP contribution in [0.2, 0.25) is 0 Å². The van der Waals surface area contributed by atoms with E-state index in [0.29, 0.717) is 28.2 Å². The zero-order valence-electron chi connectivity index (χ0n) is 13.7. The number of alkyl halides is 3. The van der Waals surface area contributed by atoms with Crippen LogP contribution in [0.5, 0.6) is 11.5 Å². The molecule has 0 bridgehead atoms. The maximum atomic E-state index is 12.3. The Labute approximate surface area is 145 Å². The highest BCUT2D eigenvalue weighted by molar-refractivity contribution is 5.96. The number of oxazole rings is 1. The standard InChI is InChI=1S/C17H13F3N2O4/c1-24-13-5-3-9(7-14(13)25-2)15-22-11-8-10(4-6-12(11)26-15)21-16(23)17(18,19)20/h3-8H,1-2H3,(H,21,23). The Morgan fingerprint density at radius 3 is 2.46 bits per heavy atom. The SMILES string of the molecule is COc1ccc(-c2nc3cc(NC(=O)C(F)(F)F)ccc3o2)cc1OC. The van der Waals surface area contributed by atoms with E-state index in [1.54, 1.807) is 23.5 Å². The van der Waals surface area contributed by atoms with Crippen molar-refractivity contribution in [1.29, 1.82) is 0 Å². The lowest BCUT2D eigenvalue weighted by Gasteiger charge is -2.07. The maximum Gasteiger partial charge on any atom is 0.471 e. The summed E-state index contributed by atoms with van der Waals surface area (Å²) in [4.78, 5) is 15.3. The molecule has 0 fully saturated rings. The summed E-state index contributed by atoms with van der Waals surface area (Å²) in [6.45, 7) is 0. The Kier molecular flexibility index (Phi) is 4.45. The van der Waals surface area contributed by atoms with E-state index in [2.05, 4.69) is 4.98 Å². The Morgan fingerprint density at radius 2 is 1.81 bits per heavy atom. The number of rotatable bonds is 4. The van der Waals surface area contributed by atoms with E-state index in [1.807, 2.05) is 0 Å². The Balaban J connectivity index is 1.94. The molecule has 0 saturated carbocycles. The van der Waals surface area contributed by atoms with Gasteiger partial charge in [-0.3, -0.25) is 4.79 Å². The van der Waals surface area contributed by atoms with Crippen molar-refractivity contribution < 1.29 is 31.9 Å². The number of nitrogens with zero attached hydrogens (tertiary/aromatic N) is 1. The van der Waals surface area contributed by atoms with Gasteiger partial charge in [-0.05, 0) is 36.4 Å². The number of benzene rings is 2. The number of fused-ring (bicyclic) bond motifs is 1. The fourth-order valence-electron chi connectivity index (χ4n) is 2.30. The molecule has 0 aliphatic rings. The van der Waals surface area contributed by atoms with Crippen molar-refractivity contribution in [3.8, 4) is 23.0 Å². The van der Waals surface area contributed by atoms with Gasteiger partial charge in [-0.25, -0.2) is 4.98 Å². The van der Waals surface area contributed by atoms with Crippen LogP contribution in [0, 0.1) is 0 Å². The lowest BCUT2D eigenvalue weighted by Crippen LogP contribution is -2.29. The van der Waals surface area contributed by atoms with Crippen LogP contribution in [0.4, 0.5) is 18.9 Å². The van der Waals surface area contributed by atoms with Gasteiger partial charge in [0.15, 0.2) is 17.1 Å². The summed E-state index contributed by atoms with van der Waals surface area (Å²) in [5, 5.41) is 1.77. The van der Waals surface area contributed by atoms with E-state index in [4.69, 9.17) is 13.9 Å². The van der Waals surface area contributed by atoms with E-state index in [9.17, 15) is 18.0 Å². The lowest BCUT2D eigenvalue weighted by molar-refractivity contribution is -0.167. The first-order valence-electron chi connectivity index (χ1n) is 7.33. The summed E-state index contributed by atoms with van der Waals surface area (Å²) in [7, 11) is 3.00. The van der Waals surface area contributed by atoms with E-state index in [0.717, 1.165) is 0 Å². The summed E-state index contributed by atoms with van der Waals surface area (Å²) in [5.41, 5.74) is 1.22. The summed E-state index contributed by atoms with van der Waals surface area (Å²) < 4.78 is 53.0. The molecule has 0 unspecified atom stereocenters. The van der Waals surface area contributed by atoms with Crippen LogP contribution in [0.25, 0.3) is 22.6 Å². The van der Waals surface area contributed by atoms with E-state index in [-0.39, 0.29) is 11.6 Å². The number of aromatic nitrogens is 1. The number of carbonyl (C=O) groups excluding carboxylic acids is 1. The molecule has 1 amide bonds. The highest BCUT2D eigenvalue weighted by Gasteiger charge is 2.38. The number of anilines is 1. The first-order chi connectivity index (χ1) is 12.3. The Morgan fingerprint density at radius 1 is 1.08 bits per heavy atom. The largest absolute Gasteiger partial charge is 0.493 e. The summed E-state index contributed by atoms with van der Waals surface area (Å²) in [5.74, 6) is -0.796. The molecule has 0 atom stereocenters. The van der Waals surface area contributed by atoms with Crippen molar-refractivity contribution in [3.63, 3.8) is 0 Å². The van der Waals surface area contributed by atoms with Crippen molar-refractivity contribution >= 4 is 22.7 Å². The molecule has 2 aromatic carbocycles. The molecule has 1 aromatic heterocycles. The number of carbonyl (C=O) groups is 1. The van der Waals surface area contributed by atoms with Crippen LogP contribution in [-0.2, 0) is 4.79 Å². The molecule has 0 spiro atoms. The zero-order chi connectivity index (χ0) is 18.9. The summed E-state index contributed by atoms with van der Waals surface area (Å²) >= 11 is 0. The minimum absolute atomic E-state index is 0.0352. The number of ether oxygens (including phenoxy) is 2. The van der Waals surface area contributed by atoms with Gasteiger partial charge in [0.1, 0.15) is 5.52 Å². The zero-order valence-corrected chi connectivity index (χ0v) is 13.7. The second-order valence-electron chi connectivity index (χ2n) is 5.22. The molecule has 0 saturated heterocycles. The van der Waals surface area contributed by atoms with Crippen LogP contribution in [0.15, 0.2) is 40.8 Å².